The van der Waals surface area contributed by atoms with Crippen LogP contribution >= 0.6 is 0 Å². The molecule has 140 valence electrons. The molecule has 1 saturated heterocycles. The zero-order valence-electron chi connectivity index (χ0n) is 15.9. The van der Waals surface area contributed by atoms with Gasteiger partial charge in [0.1, 0.15) is 5.82 Å². The molecular weight excluding hydrogens is 336 g/mol. The predicted molar refractivity (Wildman–Crippen MR) is 107 cm³/mol. The van der Waals surface area contributed by atoms with Crippen LogP contribution in [0.15, 0.2) is 30.3 Å². The van der Waals surface area contributed by atoms with Gasteiger partial charge in [-0.1, -0.05) is 30.3 Å². The molecule has 0 unspecified atom stereocenters. The molecule has 1 fully saturated rings. The molecule has 3 aromatic rings. The molecule has 1 atom stereocenters. The highest BCUT2D eigenvalue weighted by Crippen LogP contribution is 2.33. The molecular formula is C22H26N4O. The van der Waals surface area contributed by atoms with Crippen molar-refractivity contribution in [3.05, 3.63) is 47.3 Å². The smallest absolute Gasteiger partial charge is 0.165 e. The van der Waals surface area contributed by atoms with Crippen LogP contribution in [-0.4, -0.2) is 33.9 Å². The van der Waals surface area contributed by atoms with E-state index in [9.17, 15) is 0 Å². The van der Waals surface area contributed by atoms with Crippen LogP contribution in [0.25, 0.3) is 16.8 Å². The van der Waals surface area contributed by atoms with Crippen molar-refractivity contribution in [3.8, 4) is 11.1 Å². The fourth-order valence-electron chi connectivity index (χ4n) is 4.44. The van der Waals surface area contributed by atoms with Crippen molar-refractivity contribution in [1.82, 2.24) is 14.6 Å². The standard InChI is InChI=1S/C22H26N4O/c1-15-20(16-8-3-2-4-9-16)22-24-19-12-6-5-11-18(19)21(26(22)25-15)23-14-17-10-7-13-27-17/h2-4,8-9,17,23H,5-7,10-14H2,1H3/t17-/m1/s1. The first-order valence-electron chi connectivity index (χ1n) is 10.1. The molecule has 1 aliphatic heterocycles. The maximum atomic E-state index is 5.82. The largest absolute Gasteiger partial charge is 0.376 e. The third-order valence-corrected chi connectivity index (χ3v) is 5.80. The zero-order valence-corrected chi connectivity index (χ0v) is 15.9. The monoisotopic (exact) mass is 362 g/mol. The normalized spacial score (nSPS) is 19.4. The van der Waals surface area contributed by atoms with Gasteiger partial charge in [-0.25, -0.2) is 4.98 Å². The molecule has 1 N–H and O–H groups in total. The van der Waals surface area contributed by atoms with Gasteiger partial charge in [-0.3, -0.25) is 0 Å². The number of rotatable bonds is 4. The van der Waals surface area contributed by atoms with E-state index in [1.165, 1.54) is 29.7 Å². The average Bonchev–Trinajstić information content (AvgIpc) is 3.33. The van der Waals surface area contributed by atoms with Gasteiger partial charge < -0.3 is 10.1 Å². The lowest BCUT2D eigenvalue weighted by Gasteiger charge is -2.21. The molecule has 5 nitrogen and oxygen atoms in total. The first-order chi connectivity index (χ1) is 13.3. The van der Waals surface area contributed by atoms with Crippen molar-refractivity contribution in [3.63, 3.8) is 0 Å². The van der Waals surface area contributed by atoms with Crippen molar-refractivity contribution >= 4 is 11.5 Å². The summed E-state index contributed by atoms with van der Waals surface area (Å²) in [5, 5.41) is 8.58. The third kappa shape index (κ3) is 3.00. The minimum atomic E-state index is 0.303. The highest BCUT2D eigenvalue weighted by atomic mass is 16.5. The Morgan fingerprint density at radius 3 is 2.81 bits per heavy atom. The van der Waals surface area contributed by atoms with Gasteiger partial charge in [-0.15, -0.1) is 0 Å². The Hall–Kier alpha value is -2.40. The Kier molecular flexibility index (Phi) is 4.32. The fourth-order valence-corrected chi connectivity index (χ4v) is 4.44. The number of fused-ring (bicyclic) bond motifs is 2. The summed E-state index contributed by atoms with van der Waals surface area (Å²) < 4.78 is 7.86. The van der Waals surface area contributed by atoms with Crippen molar-refractivity contribution in [1.29, 1.82) is 0 Å². The third-order valence-electron chi connectivity index (χ3n) is 5.80. The van der Waals surface area contributed by atoms with Crippen LogP contribution in [0.2, 0.25) is 0 Å². The molecule has 2 aromatic heterocycles. The Labute approximate surface area is 159 Å². The van der Waals surface area contributed by atoms with Crippen molar-refractivity contribution in [2.24, 2.45) is 0 Å². The molecule has 5 rings (SSSR count). The maximum Gasteiger partial charge on any atom is 0.165 e. The molecule has 0 spiro atoms. The van der Waals surface area contributed by atoms with Crippen LogP contribution < -0.4 is 5.32 Å². The number of hydrogen-bond acceptors (Lipinski definition) is 4. The summed E-state index contributed by atoms with van der Waals surface area (Å²) in [6.07, 6.45) is 7.17. The molecule has 27 heavy (non-hydrogen) atoms. The topological polar surface area (TPSA) is 51.5 Å². The maximum absolute atomic E-state index is 5.82. The minimum absolute atomic E-state index is 0.303. The van der Waals surface area contributed by atoms with E-state index in [-0.39, 0.29) is 0 Å². The number of nitrogens with one attached hydrogen (secondary N) is 1. The van der Waals surface area contributed by atoms with E-state index in [0.29, 0.717) is 6.10 Å². The molecule has 0 bridgehead atoms. The van der Waals surface area contributed by atoms with Gasteiger partial charge in [0.15, 0.2) is 5.65 Å². The first-order valence-corrected chi connectivity index (χ1v) is 10.1. The molecule has 1 aromatic carbocycles. The molecule has 0 radical (unpaired) electrons. The molecule has 2 aliphatic rings. The van der Waals surface area contributed by atoms with Gasteiger partial charge in [0, 0.05) is 30.0 Å². The quantitative estimate of drug-likeness (QED) is 0.757. The molecule has 0 saturated carbocycles. The number of anilines is 1. The van der Waals surface area contributed by atoms with Crippen molar-refractivity contribution in [2.75, 3.05) is 18.5 Å². The Morgan fingerprint density at radius 1 is 1.15 bits per heavy atom. The highest BCUT2D eigenvalue weighted by Gasteiger charge is 2.24. The van der Waals surface area contributed by atoms with Crippen LogP contribution in [0.4, 0.5) is 5.82 Å². The molecule has 5 heteroatoms. The number of aryl methyl sites for hydroxylation is 2. The van der Waals surface area contributed by atoms with E-state index in [0.717, 1.165) is 61.6 Å². The molecule has 1 aliphatic carbocycles. The lowest BCUT2D eigenvalue weighted by atomic mass is 9.96. The Balaban J connectivity index is 1.64. The lowest BCUT2D eigenvalue weighted by Crippen LogP contribution is -2.22. The average molecular weight is 362 g/mol. The van der Waals surface area contributed by atoms with E-state index in [2.05, 4.69) is 42.6 Å². The second-order valence-electron chi connectivity index (χ2n) is 7.67. The second-order valence-corrected chi connectivity index (χ2v) is 7.67. The lowest BCUT2D eigenvalue weighted by molar-refractivity contribution is 0.120. The van der Waals surface area contributed by atoms with Crippen LogP contribution in [-0.2, 0) is 17.6 Å². The van der Waals surface area contributed by atoms with E-state index < -0.39 is 0 Å². The second kappa shape index (κ2) is 6.97. The fraction of sp³-hybridized carbons (Fsp3) is 0.455. The minimum Gasteiger partial charge on any atom is -0.376 e. The SMILES string of the molecule is Cc1nn2c(NC[C@H]3CCCO3)c3c(nc2c1-c1ccccc1)CCCC3. The number of hydrogen-bond donors (Lipinski definition) is 1. The van der Waals surface area contributed by atoms with Gasteiger partial charge in [0.2, 0.25) is 0 Å². The van der Waals surface area contributed by atoms with Crippen LogP contribution in [0.5, 0.6) is 0 Å². The van der Waals surface area contributed by atoms with E-state index in [1.807, 2.05) is 4.52 Å². The van der Waals surface area contributed by atoms with E-state index >= 15 is 0 Å². The van der Waals surface area contributed by atoms with Crippen LogP contribution in [0, 0.1) is 6.92 Å². The van der Waals surface area contributed by atoms with Crippen LogP contribution in [0.3, 0.4) is 0 Å². The zero-order chi connectivity index (χ0) is 18.2. The number of nitrogens with zero attached hydrogens (tertiary/aromatic N) is 3. The highest BCUT2D eigenvalue weighted by molar-refractivity contribution is 5.81. The number of aromatic nitrogens is 3. The Morgan fingerprint density at radius 2 is 2.00 bits per heavy atom. The predicted octanol–water partition coefficient (Wildman–Crippen LogP) is 4.17. The van der Waals surface area contributed by atoms with Gasteiger partial charge in [-0.2, -0.15) is 9.61 Å². The summed E-state index contributed by atoms with van der Waals surface area (Å²) in [5.41, 5.74) is 6.89. The van der Waals surface area contributed by atoms with Crippen molar-refractivity contribution in [2.45, 2.75) is 51.6 Å². The van der Waals surface area contributed by atoms with Gasteiger partial charge in [0.25, 0.3) is 0 Å². The number of ether oxygens (including phenoxy) is 1. The molecule has 0 amide bonds. The summed E-state index contributed by atoms with van der Waals surface area (Å²) >= 11 is 0. The van der Waals surface area contributed by atoms with Gasteiger partial charge in [0.05, 0.1) is 11.8 Å². The van der Waals surface area contributed by atoms with Crippen molar-refractivity contribution < 1.29 is 4.74 Å². The van der Waals surface area contributed by atoms with Gasteiger partial charge >= 0.3 is 0 Å². The summed E-state index contributed by atoms with van der Waals surface area (Å²) in [4.78, 5) is 5.08. The Bertz CT molecular complexity index is 958. The number of benzene rings is 1. The molecule has 3 heterocycles. The van der Waals surface area contributed by atoms with Gasteiger partial charge in [-0.05, 0) is 51.0 Å². The summed E-state index contributed by atoms with van der Waals surface area (Å²) in [5.74, 6) is 1.12. The summed E-state index contributed by atoms with van der Waals surface area (Å²) in [6, 6.07) is 10.5. The summed E-state index contributed by atoms with van der Waals surface area (Å²) in [6.45, 7) is 3.81. The van der Waals surface area contributed by atoms with E-state index in [1.54, 1.807) is 0 Å². The van der Waals surface area contributed by atoms with E-state index in [4.69, 9.17) is 14.8 Å². The summed E-state index contributed by atoms with van der Waals surface area (Å²) in [7, 11) is 0. The first kappa shape index (κ1) is 16.8. The van der Waals surface area contributed by atoms with Crippen LogP contribution in [0.1, 0.15) is 42.6 Å².